The van der Waals surface area contributed by atoms with Crippen LogP contribution in [0.4, 0.5) is 10.1 Å². The molecule has 27 heavy (non-hydrogen) atoms. The zero-order chi connectivity index (χ0) is 18.8. The fraction of sp³-hybridized carbons (Fsp3) is 0.450. The fourth-order valence-electron chi connectivity index (χ4n) is 3.96. The molecule has 1 atom stereocenters. The van der Waals surface area contributed by atoms with Crippen LogP contribution in [0.2, 0.25) is 0 Å². The summed E-state index contributed by atoms with van der Waals surface area (Å²) < 4.78 is 13.4. The van der Waals surface area contributed by atoms with Gasteiger partial charge in [-0.25, -0.2) is 4.39 Å². The number of fused-ring (bicyclic) bond motifs is 1. The van der Waals surface area contributed by atoms with E-state index >= 15 is 0 Å². The maximum Gasteiger partial charge on any atom is 0.227 e. The zero-order valence-corrected chi connectivity index (χ0v) is 15.1. The van der Waals surface area contributed by atoms with Gasteiger partial charge in [-0.1, -0.05) is 12.5 Å². The molecule has 2 aromatic rings. The largest absolute Gasteiger partial charge is 0.350 e. The first-order valence-electron chi connectivity index (χ1n) is 9.50. The highest BCUT2D eigenvalue weighted by Gasteiger charge is 2.35. The minimum atomic E-state index is -0.432. The summed E-state index contributed by atoms with van der Waals surface area (Å²) in [5.41, 5.74) is 3.81. The Kier molecular flexibility index (Phi) is 4.92. The Balaban J connectivity index is 1.38. The molecule has 2 N–H and O–H groups in total. The van der Waals surface area contributed by atoms with E-state index in [1.807, 2.05) is 0 Å². The Bertz CT molecular complexity index is 863. The predicted octanol–water partition coefficient (Wildman–Crippen LogP) is 2.49. The molecule has 0 spiro atoms. The number of carbonyl (C=O) groups excluding carboxylic acids is 2. The van der Waals surface area contributed by atoms with Crippen LogP contribution in [0.5, 0.6) is 0 Å². The standard InChI is InChI=1S/C20H23FN4O2/c21-14-5-4-6-15(10-14)25-12-13(9-19(25)26)20(27)22-11-18-16-7-2-1-3-8-17(16)23-24-18/h4-6,10,13H,1-3,7-9,11-12H2,(H,22,27)(H,23,24)/t13-/m0/s1. The smallest absolute Gasteiger partial charge is 0.227 e. The third-order valence-electron chi connectivity index (χ3n) is 5.44. The van der Waals surface area contributed by atoms with E-state index in [-0.39, 0.29) is 24.8 Å². The lowest BCUT2D eigenvalue weighted by molar-refractivity contribution is -0.126. The van der Waals surface area contributed by atoms with Crippen molar-refractivity contribution in [3.8, 4) is 0 Å². The van der Waals surface area contributed by atoms with Gasteiger partial charge in [0.25, 0.3) is 0 Å². The highest BCUT2D eigenvalue weighted by atomic mass is 19.1. The highest BCUT2D eigenvalue weighted by Crippen LogP contribution is 2.26. The Morgan fingerprint density at radius 3 is 3.00 bits per heavy atom. The van der Waals surface area contributed by atoms with E-state index in [0.717, 1.165) is 25.0 Å². The summed E-state index contributed by atoms with van der Waals surface area (Å²) in [6.45, 7) is 0.641. The molecule has 1 saturated heterocycles. The first-order valence-corrected chi connectivity index (χ1v) is 9.50. The van der Waals surface area contributed by atoms with E-state index in [2.05, 4.69) is 15.5 Å². The number of rotatable bonds is 4. The number of aromatic nitrogens is 2. The molecule has 1 aliphatic carbocycles. The molecule has 0 unspecified atom stereocenters. The molecular formula is C20H23FN4O2. The lowest BCUT2D eigenvalue weighted by atomic mass is 10.1. The topological polar surface area (TPSA) is 78.1 Å². The lowest BCUT2D eigenvalue weighted by Gasteiger charge is -2.16. The van der Waals surface area contributed by atoms with Gasteiger partial charge in [0.1, 0.15) is 5.82 Å². The monoisotopic (exact) mass is 370 g/mol. The average Bonchev–Trinajstić information content (AvgIpc) is 3.15. The maximum absolute atomic E-state index is 13.4. The van der Waals surface area contributed by atoms with Crippen molar-refractivity contribution in [2.24, 2.45) is 5.92 Å². The summed E-state index contributed by atoms with van der Waals surface area (Å²) in [7, 11) is 0. The van der Waals surface area contributed by atoms with Crippen molar-refractivity contribution in [1.82, 2.24) is 15.5 Å². The average molecular weight is 370 g/mol. The molecule has 4 rings (SSSR count). The van der Waals surface area contributed by atoms with Crippen LogP contribution in [-0.2, 0) is 29.0 Å². The fourth-order valence-corrected chi connectivity index (χ4v) is 3.96. The second-order valence-electron chi connectivity index (χ2n) is 7.29. The molecule has 2 amide bonds. The van der Waals surface area contributed by atoms with Gasteiger partial charge in [0.2, 0.25) is 11.8 Å². The minimum absolute atomic E-state index is 0.140. The van der Waals surface area contributed by atoms with E-state index in [0.29, 0.717) is 12.2 Å². The zero-order valence-electron chi connectivity index (χ0n) is 15.1. The molecule has 142 valence electrons. The van der Waals surface area contributed by atoms with Crippen LogP contribution in [0.15, 0.2) is 24.3 Å². The van der Waals surface area contributed by atoms with Gasteiger partial charge < -0.3 is 10.2 Å². The van der Waals surface area contributed by atoms with Gasteiger partial charge >= 0.3 is 0 Å². The minimum Gasteiger partial charge on any atom is -0.350 e. The van der Waals surface area contributed by atoms with Gasteiger partial charge in [0.15, 0.2) is 0 Å². The molecule has 6 nitrogen and oxygen atoms in total. The van der Waals surface area contributed by atoms with E-state index in [1.165, 1.54) is 41.1 Å². The van der Waals surface area contributed by atoms with Crippen LogP contribution in [0.25, 0.3) is 0 Å². The number of amides is 2. The normalized spacial score (nSPS) is 19.7. The van der Waals surface area contributed by atoms with E-state index in [9.17, 15) is 14.0 Å². The Hall–Kier alpha value is -2.70. The number of hydrogen-bond donors (Lipinski definition) is 2. The Morgan fingerprint density at radius 2 is 2.15 bits per heavy atom. The van der Waals surface area contributed by atoms with E-state index < -0.39 is 11.7 Å². The quantitative estimate of drug-likeness (QED) is 0.812. The second kappa shape index (κ2) is 7.50. The SMILES string of the molecule is O=C(NCc1n[nH]c2c1CCCCC2)[C@H]1CC(=O)N(c2cccc(F)c2)C1. The number of halogens is 1. The van der Waals surface area contributed by atoms with Crippen molar-refractivity contribution in [3.05, 3.63) is 47.0 Å². The van der Waals surface area contributed by atoms with Crippen LogP contribution >= 0.6 is 0 Å². The first-order chi connectivity index (χ1) is 13.1. The Morgan fingerprint density at radius 1 is 1.30 bits per heavy atom. The molecule has 1 fully saturated rings. The van der Waals surface area contributed by atoms with Crippen molar-refractivity contribution < 1.29 is 14.0 Å². The Labute approximate surface area is 157 Å². The summed E-state index contributed by atoms with van der Waals surface area (Å²) in [5, 5.41) is 10.4. The van der Waals surface area contributed by atoms with Crippen molar-refractivity contribution >= 4 is 17.5 Å². The van der Waals surface area contributed by atoms with Crippen molar-refractivity contribution in [1.29, 1.82) is 0 Å². The van der Waals surface area contributed by atoms with Gasteiger partial charge in [-0.2, -0.15) is 5.10 Å². The number of anilines is 1. The molecule has 2 aliphatic rings. The first kappa shape index (κ1) is 17.7. The van der Waals surface area contributed by atoms with Crippen molar-refractivity contribution in [2.45, 2.75) is 45.1 Å². The molecule has 0 bridgehead atoms. The van der Waals surface area contributed by atoms with Gasteiger partial charge in [0, 0.05) is 24.3 Å². The summed E-state index contributed by atoms with van der Waals surface area (Å²) in [6, 6.07) is 5.90. The van der Waals surface area contributed by atoms with Crippen LogP contribution in [0.3, 0.4) is 0 Å². The highest BCUT2D eigenvalue weighted by molar-refractivity contribution is 6.00. The van der Waals surface area contributed by atoms with Gasteiger partial charge in [-0.05, 0) is 49.4 Å². The second-order valence-corrected chi connectivity index (χ2v) is 7.29. The molecule has 2 heterocycles. The number of H-pyrrole nitrogens is 1. The van der Waals surface area contributed by atoms with Crippen LogP contribution in [0, 0.1) is 11.7 Å². The van der Waals surface area contributed by atoms with E-state index in [4.69, 9.17) is 0 Å². The summed E-state index contributed by atoms with van der Waals surface area (Å²) in [6.07, 6.45) is 5.67. The summed E-state index contributed by atoms with van der Waals surface area (Å²) in [4.78, 5) is 26.3. The molecule has 7 heteroatoms. The van der Waals surface area contributed by atoms with Crippen molar-refractivity contribution in [3.63, 3.8) is 0 Å². The molecule has 1 aromatic heterocycles. The third-order valence-corrected chi connectivity index (χ3v) is 5.44. The number of hydrogen-bond acceptors (Lipinski definition) is 3. The molecule has 0 saturated carbocycles. The van der Waals surface area contributed by atoms with Gasteiger partial charge in [0.05, 0.1) is 18.2 Å². The van der Waals surface area contributed by atoms with Gasteiger partial charge in [-0.3, -0.25) is 14.7 Å². The number of nitrogens with one attached hydrogen (secondary N) is 2. The summed E-state index contributed by atoms with van der Waals surface area (Å²) >= 11 is 0. The number of carbonyl (C=O) groups is 2. The number of aromatic amines is 1. The van der Waals surface area contributed by atoms with Gasteiger partial charge in [-0.15, -0.1) is 0 Å². The third kappa shape index (κ3) is 3.72. The van der Waals surface area contributed by atoms with Crippen LogP contribution in [0.1, 0.15) is 42.6 Å². The number of aryl methyl sites for hydroxylation is 1. The number of benzene rings is 1. The van der Waals surface area contributed by atoms with Crippen molar-refractivity contribution in [2.75, 3.05) is 11.4 Å². The molecule has 1 aliphatic heterocycles. The number of nitrogens with zero attached hydrogens (tertiary/aromatic N) is 2. The summed E-state index contributed by atoms with van der Waals surface area (Å²) in [5.74, 6) is -1.15. The van der Waals surface area contributed by atoms with Crippen LogP contribution < -0.4 is 10.2 Å². The van der Waals surface area contributed by atoms with Crippen LogP contribution in [-0.4, -0.2) is 28.6 Å². The molecule has 1 aromatic carbocycles. The lowest BCUT2D eigenvalue weighted by Crippen LogP contribution is -2.33. The maximum atomic E-state index is 13.4. The molecular weight excluding hydrogens is 347 g/mol. The van der Waals surface area contributed by atoms with E-state index in [1.54, 1.807) is 12.1 Å². The predicted molar refractivity (Wildman–Crippen MR) is 98.6 cm³/mol. The molecule has 0 radical (unpaired) electrons.